The molecule has 0 bridgehead atoms. The van der Waals surface area contributed by atoms with Crippen LogP contribution in [0, 0.1) is 11.3 Å². The maximum atomic E-state index is 10.4. The summed E-state index contributed by atoms with van der Waals surface area (Å²) < 4.78 is 0. The Morgan fingerprint density at radius 1 is 1.82 bits per heavy atom. The van der Waals surface area contributed by atoms with E-state index in [1.54, 1.807) is 13.0 Å². The third-order valence-corrected chi connectivity index (χ3v) is 1.01. The predicted molar refractivity (Wildman–Crippen MR) is 40.8 cm³/mol. The number of hydrogen-bond donors (Lipinski definition) is 1. The summed E-state index contributed by atoms with van der Waals surface area (Å²) in [5.41, 5.74) is 0.814. The number of carbonyl (C=O) groups is 1. The van der Waals surface area contributed by atoms with E-state index in [0.29, 0.717) is 0 Å². The fraction of sp³-hybridized carbons (Fsp3) is 0.250. The van der Waals surface area contributed by atoms with Crippen LogP contribution in [-0.4, -0.2) is 11.1 Å². The first kappa shape index (κ1) is 9.44. The fourth-order valence-electron chi connectivity index (χ4n) is 0.591. The van der Waals surface area contributed by atoms with Crippen LogP contribution in [0.1, 0.15) is 13.3 Å². The van der Waals surface area contributed by atoms with Gasteiger partial charge >= 0.3 is 5.97 Å². The Balaban J connectivity index is 4.39. The minimum absolute atomic E-state index is 0.0833. The molecule has 0 heterocycles. The minimum atomic E-state index is -1.06. The van der Waals surface area contributed by atoms with E-state index in [9.17, 15) is 4.79 Å². The van der Waals surface area contributed by atoms with Gasteiger partial charge in [-0.15, -0.1) is 0 Å². The van der Waals surface area contributed by atoms with Crippen LogP contribution in [-0.2, 0) is 4.79 Å². The Morgan fingerprint density at radius 2 is 2.36 bits per heavy atom. The van der Waals surface area contributed by atoms with Gasteiger partial charge in [0.05, 0.1) is 11.6 Å². The molecule has 0 aliphatic rings. The molecule has 0 spiro atoms. The van der Waals surface area contributed by atoms with E-state index >= 15 is 0 Å². The highest BCUT2D eigenvalue weighted by molar-refractivity contribution is 5.87. The lowest BCUT2D eigenvalue weighted by Gasteiger charge is -1.97. The third kappa shape index (κ3) is 3.93. The molecule has 0 saturated carbocycles. The van der Waals surface area contributed by atoms with Crippen LogP contribution in [0.25, 0.3) is 0 Å². The number of carboxylic acid groups (broad SMARTS) is 1. The summed E-state index contributed by atoms with van der Waals surface area (Å²) in [6.07, 6.45) is 1.28. The van der Waals surface area contributed by atoms with Gasteiger partial charge in [0.2, 0.25) is 0 Å². The summed E-state index contributed by atoms with van der Waals surface area (Å²) in [5.74, 6) is -1.06. The lowest BCUT2D eigenvalue weighted by atomic mass is 10.1. The number of carboxylic acids is 1. The molecule has 0 aromatic carbocycles. The van der Waals surface area contributed by atoms with Crippen LogP contribution in [0.3, 0.4) is 0 Å². The molecule has 11 heavy (non-hydrogen) atoms. The summed E-state index contributed by atoms with van der Waals surface area (Å²) in [4.78, 5) is 10.4. The van der Waals surface area contributed by atoms with Crippen molar-refractivity contribution in [3.05, 3.63) is 23.8 Å². The van der Waals surface area contributed by atoms with E-state index < -0.39 is 5.97 Å². The van der Waals surface area contributed by atoms with Gasteiger partial charge in [0.1, 0.15) is 0 Å². The van der Waals surface area contributed by atoms with Gasteiger partial charge < -0.3 is 5.11 Å². The molecule has 0 aliphatic heterocycles. The molecule has 0 radical (unpaired) electrons. The third-order valence-electron chi connectivity index (χ3n) is 1.01. The number of aliphatic carboxylic acids is 1. The van der Waals surface area contributed by atoms with Crippen LogP contribution in [0.2, 0.25) is 0 Å². The molecular formula is C8H9NO2. The molecule has 0 aliphatic carbocycles. The van der Waals surface area contributed by atoms with Gasteiger partial charge in [-0.2, -0.15) is 5.26 Å². The molecule has 0 atom stereocenters. The standard InChI is InChI=1S/C8H9NO2/c1-6(2)5-7(3-4-9)8(10)11/h3H,1,5H2,2H3,(H,10,11)/b7-3-. The lowest BCUT2D eigenvalue weighted by molar-refractivity contribution is -0.132. The summed E-state index contributed by atoms with van der Waals surface area (Å²) in [6.45, 7) is 5.26. The Labute approximate surface area is 65.3 Å². The average Bonchev–Trinajstić information content (AvgIpc) is 1.86. The molecule has 58 valence electrons. The van der Waals surface area contributed by atoms with E-state index in [1.165, 1.54) is 0 Å². The molecule has 0 saturated heterocycles. The number of nitrogens with zero attached hydrogens (tertiary/aromatic N) is 1. The quantitative estimate of drug-likeness (QED) is 0.377. The van der Waals surface area contributed by atoms with E-state index in [1.807, 2.05) is 0 Å². The van der Waals surface area contributed by atoms with Crippen LogP contribution < -0.4 is 0 Å². The van der Waals surface area contributed by atoms with Crippen LogP contribution >= 0.6 is 0 Å². The molecule has 0 amide bonds. The van der Waals surface area contributed by atoms with Gasteiger partial charge in [0.25, 0.3) is 0 Å². The van der Waals surface area contributed by atoms with Crippen molar-refractivity contribution in [3.63, 3.8) is 0 Å². The highest BCUT2D eigenvalue weighted by Gasteiger charge is 2.05. The number of nitriles is 1. The van der Waals surface area contributed by atoms with Crippen molar-refractivity contribution in [2.75, 3.05) is 0 Å². The van der Waals surface area contributed by atoms with Gasteiger partial charge in [-0.3, -0.25) is 0 Å². The predicted octanol–water partition coefficient (Wildman–Crippen LogP) is 1.49. The Bertz CT molecular complexity index is 245. The number of hydrogen-bond acceptors (Lipinski definition) is 2. The SMILES string of the molecule is C=C(C)C/C(=C/C#N)C(=O)O. The molecule has 1 N–H and O–H groups in total. The second-order valence-electron chi connectivity index (χ2n) is 2.24. The van der Waals surface area contributed by atoms with E-state index in [-0.39, 0.29) is 12.0 Å². The van der Waals surface area contributed by atoms with Gasteiger partial charge in [-0.25, -0.2) is 4.79 Å². The first-order chi connectivity index (χ1) is 5.07. The molecule has 0 aromatic rings. The van der Waals surface area contributed by atoms with Crippen molar-refractivity contribution < 1.29 is 9.90 Å². The van der Waals surface area contributed by atoms with Gasteiger partial charge in [-0.1, -0.05) is 12.2 Å². The molecule has 0 aromatic heterocycles. The van der Waals surface area contributed by atoms with E-state index in [2.05, 4.69) is 6.58 Å². The van der Waals surface area contributed by atoms with Gasteiger partial charge in [-0.05, 0) is 6.92 Å². The maximum absolute atomic E-state index is 10.4. The second kappa shape index (κ2) is 4.29. The molecule has 3 heteroatoms. The highest BCUT2D eigenvalue weighted by Crippen LogP contribution is 2.07. The van der Waals surface area contributed by atoms with Crippen molar-refractivity contribution in [2.24, 2.45) is 0 Å². The Kier molecular flexibility index (Phi) is 3.68. The zero-order chi connectivity index (χ0) is 8.85. The summed E-state index contributed by atoms with van der Waals surface area (Å²) in [6, 6.07) is 1.67. The average molecular weight is 151 g/mol. The summed E-state index contributed by atoms with van der Waals surface area (Å²) >= 11 is 0. The summed E-state index contributed by atoms with van der Waals surface area (Å²) in [7, 11) is 0. The molecular weight excluding hydrogens is 142 g/mol. The van der Waals surface area contributed by atoms with Crippen molar-refractivity contribution in [1.29, 1.82) is 5.26 Å². The monoisotopic (exact) mass is 151 g/mol. The van der Waals surface area contributed by atoms with Crippen LogP contribution in [0.4, 0.5) is 0 Å². The minimum Gasteiger partial charge on any atom is -0.478 e. The van der Waals surface area contributed by atoms with Crippen molar-refractivity contribution in [2.45, 2.75) is 13.3 Å². The van der Waals surface area contributed by atoms with Crippen molar-refractivity contribution in [1.82, 2.24) is 0 Å². The zero-order valence-corrected chi connectivity index (χ0v) is 6.29. The summed E-state index contributed by atoms with van der Waals surface area (Å²) in [5, 5.41) is 16.7. The molecule has 0 rings (SSSR count). The fourth-order valence-corrected chi connectivity index (χ4v) is 0.591. The maximum Gasteiger partial charge on any atom is 0.332 e. The largest absolute Gasteiger partial charge is 0.478 e. The highest BCUT2D eigenvalue weighted by atomic mass is 16.4. The van der Waals surface area contributed by atoms with Gasteiger partial charge in [0.15, 0.2) is 0 Å². The van der Waals surface area contributed by atoms with E-state index in [4.69, 9.17) is 10.4 Å². The van der Waals surface area contributed by atoms with Crippen LogP contribution in [0.15, 0.2) is 23.8 Å². The Morgan fingerprint density at radius 3 is 2.64 bits per heavy atom. The normalized spacial score (nSPS) is 10.4. The van der Waals surface area contributed by atoms with Crippen molar-refractivity contribution >= 4 is 5.97 Å². The second-order valence-corrected chi connectivity index (χ2v) is 2.24. The van der Waals surface area contributed by atoms with Crippen LogP contribution in [0.5, 0.6) is 0 Å². The smallest absolute Gasteiger partial charge is 0.332 e. The first-order valence-electron chi connectivity index (χ1n) is 3.04. The number of rotatable bonds is 3. The number of allylic oxidation sites excluding steroid dienone is 2. The topological polar surface area (TPSA) is 61.1 Å². The van der Waals surface area contributed by atoms with Gasteiger partial charge in [0, 0.05) is 12.5 Å². The lowest BCUT2D eigenvalue weighted by Crippen LogP contribution is -2.00. The zero-order valence-electron chi connectivity index (χ0n) is 6.29. The molecule has 0 unspecified atom stereocenters. The van der Waals surface area contributed by atoms with Crippen molar-refractivity contribution in [3.8, 4) is 6.07 Å². The molecule has 0 fully saturated rings. The van der Waals surface area contributed by atoms with E-state index in [0.717, 1.165) is 11.6 Å². The molecule has 3 nitrogen and oxygen atoms in total. The first-order valence-corrected chi connectivity index (χ1v) is 3.04. The Hall–Kier alpha value is -1.56.